The van der Waals surface area contributed by atoms with Gasteiger partial charge in [-0.1, -0.05) is 6.92 Å². The van der Waals surface area contributed by atoms with Crippen molar-refractivity contribution in [3.05, 3.63) is 40.3 Å². The van der Waals surface area contributed by atoms with Gasteiger partial charge in [-0.15, -0.1) is 0 Å². The molecule has 0 amide bonds. The molecule has 1 unspecified atom stereocenters. The van der Waals surface area contributed by atoms with Crippen molar-refractivity contribution >= 4 is 11.3 Å². The van der Waals surface area contributed by atoms with Gasteiger partial charge in [-0.05, 0) is 41.8 Å². The molecule has 0 aliphatic heterocycles. The van der Waals surface area contributed by atoms with Crippen molar-refractivity contribution in [3.63, 3.8) is 0 Å². The number of aryl methyl sites for hydroxylation is 1. The largest absolute Gasteiger partial charge is 0.305 e. The Labute approximate surface area is 106 Å². The summed E-state index contributed by atoms with van der Waals surface area (Å²) in [6.45, 7) is 6.24. The Morgan fingerprint density at radius 1 is 1.47 bits per heavy atom. The van der Waals surface area contributed by atoms with Gasteiger partial charge < -0.3 is 5.32 Å². The lowest BCUT2D eigenvalue weighted by Gasteiger charge is -2.13. The van der Waals surface area contributed by atoms with Gasteiger partial charge in [-0.25, -0.2) is 0 Å². The summed E-state index contributed by atoms with van der Waals surface area (Å²) in [5, 5.41) is 12.2. The fraction of sp³-hybridized carbons (Fsp3) is 0.462. The van der Waals surface area contributed by atoms with Crippen LogP contribution in [0, 0.1) is 0 Å². The van der Waals surface area contributed by atoms with Crippen molar-refractivity contribution in [3.8, 4) is 0 Å². The topological polar surface area (TPSA) is 29.9 Å². The molecule has 0 saturated carbocycles. The normalized spacial score (nSPS) is 12.8. The van der Waals surface area contributed by atoms with Crippen LogP contribution in [0.25, 0.3) is 0 Å². The Hall–Kier alpha value is -1.13. The van der Waals surface area contributed by atoms with Gasteiger partial charge in [0.25, 0.3) is 0 Å². The van der Waals surface area contributed by atoms with E-state index in [2.05, 4.69) is 51.8 Å². The SMILES string of the molecule is CCCn1nccc1CNC(C)c1ccsc1. The molecule has 92 valence electrons. The molecule has 1 N–H and O–H groups in total. The van der Waals surface area contributed by atoms with E-state index in [1.165, 1.54) is 11.3 Å². The molecule has 3 nitrogen and oxygen atoms in total. The maximum absolute atomic E-state index is 4.33. The molecule has 4 heteroatoms. The molecule has 2 aromatic heterocycles. The van der Waals surface area contributed by atoms with Crippen LogP contribution in [-0.4, -0.2) is 9.78 Å². The maximum atomic E-state index is 4.33. The predicted octanol–water partition coefficient (Wildman–Crippen LogP) is 3.21. The Bertz CT molecular complexity index is 433. The summed E-state index contributed by atoms with van der Waals surface area (Å²) in [7, 11) is 0. The first-order chi connectivity index (χ1) is 8.31. The molecule has 0 radical (unpaired) electrons. The lowest BCUT2D eigenvalue weighted by atomic mass is 10.2. The molecule has 0 spiro atoms. The molecule has 2 heterocycles. The van der Waals surface area contributed by atoms with Crippen molar-refractivity contribution < 1.29 is 0 Å². The fourth-order valence-electron chi connectivity index (χ4n) is 1.82. The van der Waals surface area contributed by atoms with Gasteiger partial charge in [0.1, 0.15) is 0 Å². The average Bonchev–Trinajstić information content (AvgIpc) is 2.97. The van der Waals surface area contributed by atoms with Crippen LogP contribution in [-0.2, 0) is 13.1 Å². The highest BCUT2D eigenvalue weighted by Gasteiger charge is 2.07. The summed E-state index contributed by atoms with van der Waals surface area (Å²) in [6.07, 6.45) is 3.00. The van der Waals surface area contributed by atoms with Crippen molar-refractivity contribution in [2.75, 3.05) is 0 Å². The summed E-state index contributed by atoms with van der Waals surface area (Å²) in [6, 6.07) is 4.65. The number of rotatable bonds is 6. The van der Waals surface area contributed by atoms with E-state index in [1.807, 2.05) is 6.20 Å². The smallest absolute Gasteiger partial charge is 0.0522 e. The van der Waals surface area contributed by atoms with Crippen LogP contribution in [0.15, 0.2) is 29.1 Å². The minimum atomic E-state index is 0.395. The van der Waals surface area contributed by atoms with Gasteiger partial charge >= 0.3 is 0 Å². The Kier molecular flexibility index (Phi) is 4.34. The van der Waals surface area contributed by atoms with Gasteiger partial charge in [0.05, 0.1) is 5.69 Å². The predicted molar refractivity (Wildman–Crippen MR) is 72.1 cm³/mol. The first-order valence-corrected chi connectivity index (χ1v) is 7.01. The Morgan fingerprint density at radius 3 is 3.06 bits per heavy atom. The molecule has 0 bridgehead atoms. The molecular weight excluding hydrogens is 230 g/mol. The Balaban J connectivity index is 1.91. The second kappa shape index (κ2) is 5.98. The highest BCUT2D eigenvalue weighted by molar-refractivity contribution is 7.07. The molecule has 0 aromatic carbocycles. The van der Waals surface area contributed by atoms with Gasteiger partial charge in [0.15, 0.2) is 0 Å². The quantitative estimate of drug-likeness (QED) is 0.852. The second-order valence-electron chi connectivity index (χ2n) is 4.20. The molecule has 2 rings (SSSR count). The monoisotopic (exact) mass is 249 g/mol. The third kappa shape index (κ3) is 3.17. The number of aromatic nitrogens is 2. The summed E-state index contributed by atoms with van der Waals surface area (Å²) in [5.74, 6) is 0. The third-order valence-electron chi connectivity index (χ3n) is 2.87. The minimum absolute atomic E-state index is 0.395. The van der Waals surface area contributed by atoms with Gasteiger partial charge in [-0.3, -0.25) is 4.68 Å². The van der Waals surface area contributed by atoms with Crippen LogP contribution in [0.1, 0.15) is 37.6 Å². The van der Waals surface area contributed by atoms with E-state index in [0.717, 1.165) is 19.5 Å². The van der Waals surface area contributed by atoms with Crippen molar-refractivity contribution in [2.45, 2.75) is 39.4 Å². The Morgan fingerprint density at radius 2 is 2.35 bits per heavy atom. The molecule has 2 aromatic rings. The number of thiophene rings is 1. The highest BCUT2D eigenvalue weighted by atomic mass is 32.1. The van der Waals surface area contributed by atoms with Gasteiger partial charge in [0, 0.05) is 25.3 Å². The lowest BCUT2D eigenvalue weighted by molar-refractivity contribution is 0.517. The van der Waals surface area contributed by atoms with E-state index in [-0.39, 0.29) is 0 Å². The maximum Gasteiger partial charge on any atom is 0.0522 e. The second-order valence-corrected chi connectivity index (χ2v) is 4.98. The summed E-state index contributed by atoms with van der Waals surface area (Å²) in [4.78, 5) is 0. The van der Waals surface area contributed by atoms with Crippen LogP contribution in [0.3, 0.4) is 0 Å². The molecule has 1 atom stereocenters. The molecule has 0 aliphatic rings. The molecular formula is C13H19N3S. The first-order valence-electron chi connectivity index (χ1n) is 6.07. The average molecular weight is 249 g/mol. The number of hydrogen-bond donors (Lipinski definition) is 1. The molecule has 0 aliphatic carbocycles. The van der Waals surface area contributed by atoms with E-state index >= 15 is 0 Å². The van der Waals surface area contributed by atoms with Gasteiger partial charge in [-0.2, -0.15) is 16.4 Å². The zero-order valence-corrected chi connectivity index (χ0v) is 11.2. The highest BCUT2D eigenvalue weighted by Crippen LogP contribution is 2.16. The van der Waals surface area contributed by atoms with Crippen molar-refractivity contribution in [1.29, 1.82) is 0 Å². The third-order valence-corrected chi connectivity index (χ3v) is 3.57. The zero-order valence-electron chi connectivity index (χ0n) is 10.4. The van der Waals surface area contributed by atoms with E-state index in [0.29, 0.717) is 6.04 Å². The number of nitrogens with one attached hydrogen (secondary N) is 1. The fourth-order valence-corrected chi connectivity index (χ4v) is 2.57. The van der Waals surface area contributed by atoms with Crippen molar-refractivity contribution in [1.82, 2.24) is 15.1 Å². The van der Waals surface area contributed by atoms with E-state index in [4.69, 9.17) is 0 Å². The zero-order chi connectivity index (χ0) is 12.1. The number of hydrogen-bond acceptors (Lipinski definition) is 3. The molecule has 0 fully saturated rings. The number of nitrogens with zero attached hydrogens (tertiary/aromatic N) is 2. The summed E-state index contributed by atoms with van der Waals surface area (Å²) < 4.78 is 2.08. The van der Waals surface area contributed by atoms with Crippen molar-refractivity contribution in [2.24, 2.45) is 0 Å². The minimum Gasteiger partial charge on any atom is -0.305 e. The molecule has 0 saturated heterocycles. The van der Waals surface area contributed by atoms with Crippen LogP contribution >= 0.6 is 11.3 Å². The summed E-state index contributed by atoms with van der Waals surface area (Å²) in [5.41, 5.74) is 2.62. The first kappa shape index (κ1) is 12.3. The summed E-state index contributed by atoms with van der Waals surface area (Å²) >= 11 is 1.74. The van der Waals surface area contributed by atoms with E-state index < -0.39 is 0 Å². The van der Waals surface area contributed by atoms with Crippen LogP contribution < -0.4 is 5.32 Å². The van der Waals surface area contributed by atoms with E-state index in [1.54, 1.807) is 11.3 Å². The van der Waals surface area contributed by atoms with Crippen LogP contribution in [0.5, 0.6) is 0 Å². The molecule has 17 heavy (non-hydrogen) atoms. The van der Waals surface area contributed by atoms with Crippen LogP contribution in [0.2, 0.25) is 0 Å². The van der Waals surface area contributed by atoms with E-state index in [9.17, 15) is 0 Å². The van der Waals surface area contributed by atoms with Gasteiger partial charge in [0.2, 0.25) is 0 Å². The standard InChI is InChI=1S/C13H19N3S/c1-3-7-16-13(4-6-15-16)9-14-11(2)12-5-8-17-10-12/h4-6,8,10-11,14H,3,7,9H2,1-2H3. The lowest BCUT2D eigenvalue weighted by Crippen LogP contribution is -2.20. The van der Waals surface area contributed by atoms with Crippen LogP contribution in [0.4, 0.5) is 0 Å².